The number of nitrogens with one attached hydrogen (secondary N) is 1. The number of aliphatic carboxylic acids is 1. The van der Waals surface area contributed by atoms with Crippen molar-refractivity contribution < 1.29 is 14.6 Å². The maximum Gasteiger partial charge on any atom is 0.309 e. The van der Waals surface area contributed by atoms with E-state index in [1.807, 2.05) is 49.4 Å². The van der Waals surface area contributed by atoms with E-state index >= 15 is 0 Å². The Balaban J connectivity index is 1.25. The molecule has 1 saturated carbocycles. The van der Waals surface area contributed by atoms with Crippen molar-refractivity contribution in [3.05, 3.63) is 59.3 Å². The number of hydrogen-bond acceptors (Lipinski definition) is 5. The van der Waals surface area contributed by atoms with Crippen molar-refractivity contribution in [1.82, 2.24) is 19.9 Å². The van der Waals surface area contributed by atoms with E-state index in [1.54, 1.807) is 12.4 Å². The van der Waals surface area contributed by atoms with E-state index in [9.17, 15) is 9.90 Å². The van der Waals surface area contributed by atoms with E-state index in [0.717, 1.165) is 38.2 Å². The van der Waals surface area contributed by atoms with Crippen LogP contribution in [0.1, 0.15) is 32.6 Å². The number of nitrogens with zero attached hydrogens (tertiary/aromatic N) is 3. The zero-order chi connectivity index (χ0) is 23.0. The van der Waals surface area contributed by atoms with Crippen LogP contribution in [-0.2, 0) is 4.79 Å². The normalized spacial score (nSPS) is 20.6. The molecule has 1 fully saturated rings. The number of carboxylic acids is 1. The molecule has 0 aliphatic heterocycles. The van der Waals surface area contributed by atoms with Crippen LogP contribution in [0, 0.1) is 5.41 Å². The molecule has 0 spiro atoms. The van der Waals surface area contributed by atoms with Crippen LogP contribution >= 0.6 is 15.9 Å². The lowest BCUT2D eigenvalue weighted by Gasteiger charge is -2.33. The van der Waals surface area contributed by atoms with Gasteiger partial charge in [0.25, 0.3) is 0 Å². The number of fused-ring (bicyclic) bond motifs is 1. The molecule has 2 N–H and O–H groups in total. The number of ether oxygens (including phenoxy) is 1. The number of imidazole rings is 1. The molecule has 0 bridgehead atoms. The van der Waals surface area contributed by atoms with Gasteiger partial charge in [0.2, 0.25) is 5.88 Å². The monoisotopic (exact) mass is 506 g/mol. The molecular formula is C25H23BrN4O3. The lowest BCUT2D eigenvalue weighted by atomic mass is 9.75. The highest BCUT2D eigenvalue weighted by Crippen LogP contribution is 2.37. The first-order chi connectivity index (χ1) is 15.9. The van der Waals surface area contributed by atoms with E-state index < -0.39 is 11.4 Å². The molecule has 5 rings (SSSR count). The van der Waals surface area contributed by atoms with Gasteiger partial charge >= 0.3 is 5.97 Å². The first-order valence-corrected chi connectivity index (χ1v) is 11.7. The first kappa shape index (κ1) is 21.6. The number of pyridine rings is 2. The molecule has 1 aliphatic rings. The van der Waals surface area contributed by atoms with Gasteiger partial charge in [0.15, 0.2) is 0 Å². The van der Waals surface area contributed by atoms with Crippen LogP contribution < -0.4 is 4.74 Å². The predicted molar refractivity (Wildman–Crippen MR) is 129 cm³/mol. The zero-order valence-electron chi connectivity index (χ0n) is 18.1. The Morgan fingerprint density at radius 2 is 1.85 bits per heavy atom. The van der Waals surface area contributed by atoms with Crippen molar-refractivity contribution in [1.29, 1.82) is 0 Å². The molecule has 168 valence electrons. The zero-order valence-corrected chi connectivity index (χ0v) is 19.7. The second-order valence-electron chi connectivity index (χ2n) is 8.75. The van der Waals surface area contributed by atoms with E-state index in [4.69, 9.17) is 4.74 Å². The summed E-state index contributed by atoms with van der Waals surface area (Å²) >= 11 is 3.48. The third kappa shape index (κ3) is 4.48. The Morgan fingerprint density at radius 1 is 1.09 bits per heavy atom. The van der Waals surface area contributed by atoms with Gasteiger partial charge in [0, 0.05) is 34.1 Å². The SMILES string of the molecule is CC1(C(=O)O)CCC(Oc2ccc(-c3ccc(-c4nc5ccc(Br)cc5[nH]4)cn3)cn2)CC1. The Morgan fingerprint density at radius 3 is 2.52 bits per heavy atom. The highest BCUT2D eigenvalue weighted by molar-refractivity contribution is 9.10. The molecule has 8 heteroatoms. The van der Waals surface area contributed by atoms with Gasteiger partial charge in [-0.05, 0) is 69.0 Å². The van der Waals surface area contributed by atoms with Crippen LogP contribution in [0.4, 0.5) is 0 Å². The highest BCUT2D eigenvalue weighted by Gasteiger charge is 2.38. The summed E-state index contributed by atoms with van der Waals surface area (Å²) in [6.45, 7) is 1.81. The summed E-state index contributed by atoms with van der Waals surface area (Å²) in [6, 6.07) is 13.6. The summed E-state index contributed by atoms with van der Waals surface area (Å²) < 4.78 is 6.99. The molecule has 7 nitrogen and oxygen atoms in total. The lowest BCUT2D eigenvalue weighted by Crippen LogP contribution is -2.36. The van der Waals surface area contributed by atoms with Crippen molar-refractivity contribution in [3.63, 3.8) is 0 Å². The van der Waals surface area contributed by atoms with E-state index in [-0.39, 0.29) is 6.10 Å². The topological polar surface area (TPSA) is 101 Å². The van der Waals surface area contributed by atoms with Crippen molar-refractivity contribution in [2.75, 3.05) is 0 Å². The van der Waals surface area contributed by atoms with Gasteiger partial charge in [-0.25, -0.2) is 9.97 Å². The fourth-order valence-electron chi connectivity index (χ4n) is 4.16. The van der Waals surface area contributed by atoms with Crippen molar-refractivity contribution in [2.45, 2.75) is 38.7 Å². The Labute approximate surface area is 199 Å². The third-order valence-electron chi connectivity index (χ3n) is 6.35. The van der Waals surface area contributed by atoms with Gasteiger partial charge in [-0.15, -0.1) is 0 Å². The Bertz CT molecular complexity index is 1290. The second-order valence-corrected chi connectivity index (χ2v) is 9.66. The van der Waals surface area contributed by atoms with Crippen molar-refractivity contribution >= 4 is 32.9 Å². The molecule has 0 atom stereocenters. The summed E-state index contributed by atoms with van der Waals surface area (Å²) in [5.41, 5.74) is 3.84. The van der Waals surface area contributed by atoms with Crippen LogP contribution in [0.3, 0.4) is 0 Å². The van der Waals surface area contributed by atoms with Crippen molar-refractivity contribution in [2.24, 2.45) is 5.41 Å². The number of benzene rings is 1. The number of hydrogen-bond donors (Lipinski definition) is 2. The minimum absolute atomic E-state index is 0.00221. The minimum Gasteiger partial charge on any atom is -0.481 e. The molecule has 0 radical (unpaired) electrons. The number of rotatable bonds is 5. The van der Waals surface area contributed by atoms with Gasteiger partial charge in [0.05, 0.1) is 22.1 Å². The fourth-order valence-corrected chi connectivity index (χ4v) is 4.52. The van der Waals surface area contributed by atoms with Crippen LogP contribution in [0.2, 0.25) is 0 Å². The van der Waals surface area contributed by atoms with Crippen LogP contribution in [0.15, 0.2) is 59.3 Å². The van der Waals surface area contributed by atoms with Crippen LogP contribution in [0.5, 0.6) is 5.88 Å². The number of carbonyl (C=O) groups is 1. The van der Waals surface area contributed by atoms with E-state index in [0.29, 0.717) is 31.6 Å². The lowest BCUT2D eigenvalue weighted by molar-refractivity contribution is -0.150. The molecule has 0 unspecified atom stereocenters. The average molecular weight is 507 g/mol. The van der Waals surface area contributed by atoms with Crippen LogP contribution in [-0.4, -0.2) is 37.1 Å². The molecule has 3 aromatic heterocycles. The summed E-state index contributed by atoms with van der Waals surface area (Å²) in [6.07, 6.45) is 6.21. The first-order valence-electron chi connectivity index (χ1n) is 10.9. The molecule has 1 aliphatic carbocycles. The fraction of sp³-hybridized carbons (Fsp3) is 0.280. The van der Waals surface area contributed by atoms with Gasteiger partial charge in [-0.1, -0.05) is 15.9 Å². The summed E-state index contributed by atoms with van der Waals surface area (Å²) in [7, 11) is 0. The average Bonchev–Trinajstić information content (AvgIpc) is 3.24. The third-order valence-corrected chi connectivity index (χ3v) is 6.85. The Hall–Kier alpha value is -3.26. The molecule has 4 aromatic rings. The largest absolute Gasteiger partial charge is 0.481 e. The smallest absolute Gasteiger partial charge is 0.309 e. The van der Waals surface area contributed by atoms with Gasteiger partial charge in [-0.2, -0.15) is 0 Å². The number of aromatic amines is 1. The molecule has 3 heterocycles. The molecule has 33 heavy (non-hydrogen) atoms. The molecular weight excluding hydrogens is 484 g/mol. The maximum atomic E-state index is 11.4. The van der Waals surface area contributed by atoms with Gasteiger partial charge in [-0.3, -0.25) is 9.78 Å². The van der Waals surface area contributed by atoms with Crippen molar-refractivity contribution in [3.8, 4) is 28.5 Å². The number of halogens is 1. The molecule has 0 saturated heterocycles. The van der Waals surface area contributed by atoms with Gasteiger partial charge < -0.3 is 14.8 Å². The molecule has 1 aromatic carbocycles. The van der Waals surface area contributed by atoms with Gasteiger partial charge in [0.1, 0.15) is 11.9 Å². The number of H-pyrrole nitrogens is 1. The Kier molecular flexibility index (Phi) is 5.62. The maximum absolute atomic E-state index is 11.4. The van der Waals surface area contributed by atoms with E-state index in [2.05, 4.69) is 35.9 Å². The summed E-state index contributed by atoms with van der Waals surface area (Å²) in [5, 5.41) is 9.37. The quantitative estimate of drug-likeness (QED) is 0.351. The second kappa shape index (κ2) is 8.59. The standard InChI is InChI=1S/C25H23BrN4O3/c1-25(24(31)32)10-8-18(9-11-25)33-22-7-3-15(13-28-22)19-5-2-16(14-27-19)23-29-20-6-4-17(26)12-21(20)30-23/h2-7,12-14,18H,8-11H2,1H3,(H,29,30)(H,31,32). The predicted octanol–water partition coefficient (Wildman–Crippen LogP) is 5.86. The van der Waals surface area contributed by atoms with E-state index in [1.165, 1.54) is 0 Å². The number of carboxylic acid groups (broad SMARTS) is 1. The molecule has 0 amide bonds. The summed E-state index contributed by atoms with van der Waals surface area (Å²) in [5.74, 6) is 0.596. The minimum atomic E-state index is -0.727. The highest BCUT2D eigenvalue weighted by atomic mass is 79.9. The number of aromatic nitrogens is 4. The summed E-state index contributed by atoms with van der Waals surface area (Å²) in [4.78, 5) is 28.4. The van der Waals surface area contributed by atoms with Crippen LogP contribution in [0.25, 0.3) is 33.7 Å².